The third-order valence-electron chi connectivity index (χ3n) is 2.16. The summed E-state index contributed by atoms with van der Waals surface area (Å²) in [6, 6.07) is 1.36. The summed E-state index contributed by atoms with van der Waals surface area (Å²) < 4.78 is 9.72. The number of aromatic carboxylic acids is 1. The summed E-state index contributed by atoms with van der Waals surface area (Å²) in [5, 5.41) is 8.80. The molecule has 80 valence electrons. The first-order chi connectivity index (χ1) is 7.18. The molecule has 0 atom stereocenters. The van der Waals surface area contributed by atoms with E-state index in [1.165, 1.54) is 17.2 Å². The van der Waals surface area contributed by atoms with Gasteiger partial charge in [-0.3, -0.25) is 4.90 Å². The van der Waals surface area contributed by atoms with Crippen molar-refractivity contribution in [2.24, 2.45) is 0 Å². The lowest BCUT2D eigenvalue weighted by molar-refractivity contribution is 0.0692. The summed E-state index contributed by atoms with van der Waals surface area (Å²) in [5.74, 6) is -0.798. The zero-order chi connectivity index (χ0) is 10.8. The molecule has 15 heavy (non-hydrogen) atoms. The molecule has 6 heteroatoms. The zero-order valence-electron chi connectivity index (χ0n) is 7.80. The van der Waals surface area contributed by atoms with Crippen molar-refractivity contribution in [2.45, 2.75) is 6.54 Å². The molecular weight excluding hydrogens is 202 g/mol. The lowest BCUT2D eigenvalue weighted by Gasteiger charge is -2.10. The van der Waals surface area contributed by atoms with Gasteiger partial charge in [0.25, 0.3) is 0 Å². The van der Waals surface area contributed by atoms with E-state index in [1.807, 2.05) is 0 Å². The second kappa shape index (κ2) is 3.64. The molecule has 1 fully saturated rings. The predicted molar refractivity (Wildman–Crippen MR) is 47.4 cm³/mol. The van der Waals surface area contributed by atoms with Crippen LogP contribution in [0.15, 0.2) is 16.7 Å². The van der Waals surface area contributed by atoms with Crippen molar-refractivity contribution < 1.29 is 23.8 Å². The largest absolute Gasteiger partial charge is 0.478 e. The van der Waals surface area contributed by atoms with Gasteiger partial charge >= 0.3 is 12.1 Å². The van der Waals surface area contributed by atoms with Crippen LogP contribution in [0.1, 0.15) is 16.1 Å². The lowest BCUT2D eigenvalue weighted by Crippen LogP contribution is -2.24. The van der Waals surface area contributed by atoms with Gasteiger partial charge in [-0.15, -0.1) is 0 Å². The Morgan fingerprint density at radius 1 is 1.60 bits per heavy atom. The SMILES string of the molecule is O=C(O)c1ccoc1CN1CCOC1=O. The summed E-state index contributed by atoms with van der Waals surface area (Å²) in [5.41, 5.74) is 0.0784. The van der Waals surface area contributed by atoms with E-state index in [4.69, 9.17) is 14.3 Å². The summed E-state index contributed by atoms with van der Waals surface area (Å²) in [4.78, 5) is 23.2. The Morgan fingerprint density at radius 3 is 3.00 bits per heavy atom. The normalized spacial score (nSPS) is 15.5. The fraction of sp³-hybridized carbons (Fsp3) is 0.333. The number of carboxylic acids is 1. The molecule has 1 N–H and O–H groups in total. The van der Waals surface area contributed by atoms with Crippen molar-refractivity contribution in [3.63, 3.8) is 0 Å². The second-order valence-electron chi connectivity index (χ2n) is 3.10. The van der Waals surface area contributed by atoms with Crippen molar-refractivity contribution in [1.29, 1.82) is 0 Å². The number of carbonyl (C=O) groups is 2. The molecule has 0 unspecified atom stereocenters. The van der Waals surface area contributed by atoms with Crippen molar-refractivity contribution in [1.82, 2.24) is 4.90 Å². The molecular formula is C9H9NO5. The number of ether oxygens (including phenoxy) is 1. The van der Waals surface area contributed by atoms with E-state index in [0.29, 0.717) is 13.2 Å². The highest BCUT2D eigenvalue weighted by Gasteiger charge is 2.25. The number of furan rings is 1. The van der Waals surface area contributed by atoms with Crippen LogP contribution in [-0.2, 0) is 11.3 Å². The lowest BCUT2D eigenvalue weighted by atomic mass is 10.2. The van der Waals surface area contributed by atoms with Crippen LogP contribution in [0.2, 0.25) is 0 Å². The smallest absolute Gasteiger partial charge is 0.410 e. The summed E-state index contributed by atoms with van der Waals surface area (Å²) >= 11 is 0. The zero-order valence-corrected chi connectivity index (χ0v) is 7.80. The molecule has 1 amide bonds. The topological polar surface area (TPSA) is 80.0 Å². The minimum Gasteiger partial charge on any atom is -0.478 e. The molecule has 0 bridgehead atoms. The first kappa shape index (κ1) is 9.57. The minimum atomic E-state index is -1.06. The molecule has 1 saturated heterocycles. The van der Waals surface area contributed by atoms with Gasteiger partial charge in [0.2, 0.25) is 0 Å². The van der Waals surface area contributed by atoms with Gasteiger partial charge in [0.15, 0.2) is 0 Å². The van der Waals surface area contributed by atoms with E-state index in [2.05, 4.69) is 0 Å². The van der Waals surface area contributed by atoms with Gasteiger partial charge in [-0.1, -0.05) is 0 Å². The number of carbonyl (C=O) groups excluding carboxylic acids is 1. The van der Waals surface area contributed by atoms with Crippen LogP contribution in [0.3, 0.4) is 0 Å². The van der Waals surface area contributed by atoms with Gasteiger partial charge in [-0.2, -0.15) is 0 Å². The number of cyclic esters (lactones) is 1. The van der Waals surface area contributed by atoms with Gasteiger partial charge in [-0.25, -0.2) is 9.59 Å². The van der Waals surface area contributed by atoms with Gasteiger partial charge in [0, 0.05) is 0 Å². The summed E-state index contributed by atoms with van der Waals surface area (Å²) in [7, 11) is 0. The summed E-state index contributed by atoms with van der Waals surface area (Å²) in [6.07, 6.45) is 0.850. The highest BCUT2D eigenvalue weighted by Crippen LogP contribution is 2.15. The molecule has 1 aromatic heterocycles. The Bertz CT molecular complexity index is 397. The Morgan fingerprint density at radius 2 is 2.40 bits per heavy atom. The molecule has 2 rings (SSSR count). The number of hydrogen-bond donors (Lipinski definition) is 1. The fourth-order valence-corrected chi connectivity index (χ4v) is 1.40. The first-order valence-corrected chi connectivity index (χ1v) is 4.40. The minimum absolute atomic E-state index is 0.0784. The van der Waals surface area contributed by atoms with E-state index in [1.54, 1.807) is 0 Å². The van der Waals surface area contributed by atoms with E-state index >= 15 is 0 Å². The van der Waals surface area contributed by atoms with E-state index < -0.39 is 12.1 Å². The maximum atomic E-state index is 11.1. The van der Waals surface area contributed by atoms with E-state index in [-0.39, 0.29) is 17.9 Å². The van der Waals surface area contributed by atoms with E-state index in [0.717, 1.165) is 0 Å². The van der Waals surface area contributed by atoms with Gasteiger partial charge < -0.3 is 14.3 Å². The average molecular weight is 211 g/mol. The molecule has 0 radical (unpaired) electrons. The van der Waals surface area contributed by atoms with Crippen LogP contribution in [0, 0.1) is 0 Å². The first-order valence-electron chi connectivity index (χ1n) is 4.40. The van der Waals surface area contributed by atoms with Crippen molar-refractivity contribution >= 4 is 12.1 Å². The van der Waals surface area contributed by atoms with Gasteiger partial charge in [0.1, 0.15) is 17.9 Å². The van der Waals surface area contributed by atoms with E-state index in [9.17, 15) is 9.59 Å². The number of nitrogens with zero attached hydrogens (tertiary/aromatic N) is 1. The van der Waals surface area contributed by atoms with Crippen molar-refractivity contribution in [2.75, 3.05) is 13.2 Å². The highest BCUT2D eigenvalue weighted by atomic mass is 16.6. The Labute approximate surface area is 85.0 Å². The standard InChI is InChI=1S/C9H9NO5/c11-8(12)6-1-3-14-7(6)5-10-2-4-15-9(10)13/h1,3H,2,4-5H2,(H,11,12). The molecule has 0 saturated carbocycles. The van der Waals surface area contributed by atoms with Crippen LogP contribution in [0.25, 0.3) is 0 Å². The quantitative estimate of drug-likeness (QED) is 0.804. The third kappa shape index (κ3) is 1.78. The van der Waals surface area contributed by atoms with Gasteiger partial charge in [0.05, 0.1) is 19.4 Å². The molecule has 0 aromatic carbocycles. The average Bonchev–Trinajstić information content (AvgIpc) is 2.77. The monoisotopic (exact) mass is 211 g/mol. The molecule has 1 aromatic rings. The van der Waals surface area contributed by atoms with Crippen molar-refractivity contribution in [3.8, 4) is 0 Å². The molecule has 6 nitrogen and oxygen atoms in total. The maximum Gasteiger partial charge on any atom is 0.410 e. The number of carboxylic acid groups (broad SMARTS) is 1. The number of amides is 1. The molecule has 2 heterocycles. The molecule has 1 aliphatic heterocycles. The Hall–Kier alpha value is -1.98. The maximum absolute atomic E-state index is 11.1. The Balaban J connectivity index is 2.13. The third-order valence-corrected chi connectivity index (χ3v) is 2.16. The number of rotatable bonds is 3. The second-order valence-corrected chi connectivity index (χ2v) is 3.10. The Kier molecular flexibility index (Phi) is 2.32. The molecule has 1 aliphatic rings. The summed E-state index contributed by atoms with van der Waals surface area (Å²) in [6.45, 7) is 0.925. The number of hydrogen-bond acceptors (Lipinski definition) is 4. The predicted octanol–water partition coefficient (Wildman–Crippen LogP) is 0.930. The van der Waals surface area contributed by atoms with Crippen molar-refractivity contribution in [3.05, 3.63) is 23.7 Å². The van der Waals surface area contributed by atoms with Gasteiger partial charge in [-0.05, 0) is 6.07 Å². The van der Waals surface area contributed by atoms with Crippen LogP contribution in [-0.4, -0.2) is 35.2 Å². The van der Waals surface area contributed by atoms with Crippen LogP contribution >= 0.6 is 0 Å². The highest BCUT2D eigenvalue weighted by molar-refractivity contribution is 5.88. The van der Waals surface area contributed by atoms with Crippen LogP contribution in [0.5, 0.6) is 0 Å². The van der Waals surface area contributed by atoms with Crippen LogP contribution in [0.4, 0.5) is 4.79 Å². The molecule has 0 aliphatic carbocycles. The fourth-order valence-electron chi connectivity index (χ4n) is 1.40. The van der Waals surface area contributed by atoms with Crippen LogP contribution < -0.4 is 0 Å². The molecule has 0 spiro atoms.